The number of nitriles is 1. The fourth-order valence-corrected chi connectivity index (χ4v) is 1.99. The van der Waals surface area contributed by atoms with Gasteiger partial charge in [-0.25, -0.2) is 0 Å². The quantitative estimate of drug-likeness (QED) is 0.352. The third-order valence-electron chi connectivity index (χ3n) is 2.84. The molecule has 96 valence electrons. The Kier molecular flexibility index (Phi) is 3.25. The van der Waals surface area contributed by atoms with Crippen molar-refractivity contribution >= 4 is 17.5 Å². The predicted molar refractivity (Wildman–Crippen MR) is 63.3 cm³/mol. The first kappa shape index (κ1) is 12.7. The molecule has 0 spiro atoms. The second-order valence-corrected chi connectivity index (χ2v) is 3.98. The van der Waals surface area contributed by atoms with Crippen molar-refractivity contribution in [3.05, 3.63) is 39.4 Å². The minimum Gasteiger partial charge on any atom is -0.274 e. The number of rotatable bonds is 4. The molecule has 0 aromatic heterocycles. The number of carbonyl (C=O) groups is 2. The highest BCUT2D eigenvalue weighted by molar-refractivity contribution is 6.23. The second kappa shape index (κ2) is 4.86. The van der Waals surface area contributed by atoms with Gasteiger partial charge in [0.25, 0.3) is 17.5 Å². The largest absolute Gasteiger partial charge is 0.282 e. The molecule has 1 heterocycles. The van der Waals surface area contributed by atoms with E-state index >= 15 is 0 Å². The Hall–Kier alpha value is -2.75. The van der Waals surface area contributed by atoms with E-state index in [1.54, 1.807) is 0 Å². The van der Waals surface area contributed by atoms with Gasteiger partial charge < -0.3 is 0 Å². The van der Waals surface area contributed by atoms with Crippen molar-refractivity contribution in [1.29, 1.82) is 5.26 Å². The summed E-state index contributed by atoms with van der Waals surface area (Å²) in [7, 11) is 0. The van der Waals surface area contributed by atoms with Crippen molar-refractivity contribution in [3.63, 3.8) is 0 Å². The molecule has 1 aliphatic heterocycles. The molecule has 1 aliphatic rings. The van der Waals surface area contributed by atoms with Gasteiger partial charge in [0.15, 0.2) is 0 Å². The minimum absolute atomic E-state index is 0.0520. The third kappa shape index (κ3) is 2.04. The third-order valence-corrected chi connectivity index (χ3v) is 2.84. The molecule has 7 nitrogen and oxygen atoms in total. The van der Waals surface area contributed by atoms with Crippen LogP contribution in [0.1, 0.15) is 33.6 Å². The fourth-order valence-electron chi connectivity index (χ4n) is 1.99. The van der Waals surface area contributed by atoms with E-state index in [1.165, 1.54) is 18.2 Å². The van der Waals surface area contributed by atoms with Gasteiger partial charge in [-0.3, -0.25) is 24.6 Å². The molecule has 0 unspecified atom stereocenters. The van der Waals surface area contributed by atoms with E-state index in [-0.39, 0.29) is 29.8 Å². The van der Waals surface area contributed by atoms with Crippen molar-refractivity contribution in [2.45, 2.75) is 12.8 Å². The number of nitro groups is 1. The summed E-state index contributed by atoms with van der Waals surface area (Å²) in [6.07, 6.45) is 0.575. The number of nitrogens with zero attached hydrogens (tertiary/aromatic N) is 3. The van der Waals surface area contributed by atoms with Gasteiger partial charge in [0, 0.05) is 19.0 Å². The monoisotopic (exact) mass is 259 g/mol. The molecule has 0 radical (unpaired) electrons. The zero-order valence-corrected chi connectivity index (χ0v) is 9.83. The van der Waals surface area contributed by atoms with Crippen molar-refractivity contribution in [2.75, 3.05) is 6.54 Å². The van der Waals surface area contributed by atoms with Gasteiger partial charge in [0.2, 0.25) is 0 Å². The summed E-state index contributed by atoms with van der Waals surface area (Å²) in [5.74, 6) is -1.20. The number of hydrogen-bond donors (Lipinski definition) is 0. The molecule has 1 aromatic carbocycles. The number of imide groups is 1. The van der Waals surface area contributed by atoms with Gasteiger partial charge in [-0.2, -0.15) is 5.26 Å². The number of fused-ring (bicyclic) bond motifs is 1. The number of amides is 2. The first-order valence-corrected chi connectivity index (χ1v) is 5.58. The number of carbonyl (C=O) groups excluding carboxylic acids is 2. The Morgan fingerprint density at radius 1 is 1.32 bits per heavy atom. The number of hydrogen-bond acceptors (Lipinski definition) is 5. The SMILES string of the molecule is N#CCCCN1C(=O)c2cccc([N+](=O)[O-])c2C1=O. The van der Waals surface area contributed by atoms with Crippen LogP contribution in [-0.2, 0) is 0 Å². The molecule has 7 heteroatoms. The Morgan fingerprint density at radius 3 is 2.68 bits per heavy atom. The summed E-state index contributed by atoms with van der Waals surface area (Å²) in [6, 6.07) is 5.88. The van der Waals surface area contributed by atoms with Gasteiger partial charge in [0.1, 0.15) is 5.56 Å². The van der Waals surface area contributed by atoms with Gasteiger partial charge >= 0.3 is 0 Å². The van der Waals surface area contributed by atoms with Crippen LogP contribution < -0.4 is 0 Å². The lowest BCUT2D eigenvalue weighted by molar-refractivity contribution is -0.385. The highest BCUT2D eigenvalue weighted by Crippen LogP contribution is 2.30. The number of nitro benzene ring substituents is 1. The average molecular weight is 259 g/mol. The van der Waals surface area contributed by atoms with Crippen molar-refractivity contribution in [3.8, 4) is 6.07 Å². The van der Waals surface area contributed by atoms with Crippen molar-refractivity contribution in [2.24, 2.45) is 0 Å². The van der Waals surface area contributed by atoms with Crippen LogP contribution in [0.4, 0.5) is 5.69 Å². The molecule has 0 fully saturated rings. The molecule has 0 bridgehead atoms. The summed E-state index contributed by atoms with van der Waals surface area (Å²) < 4.78 is 0. The zero-order valence-electron chi connectivity index (χ0n) is 9.83. The molecule has 1 aromatic rings. The Labute approximate surface area is 108 Å². The molecular formula is C12H9N3O4. The van der Waals surface area contributed by atoms with Crippen molar-refractivity contribution < 1.29 is 14.5 Å². The Balaban J connectivity index is 2.37. The van der Waals surface area contributed by atoms with E-state index in [0.717, 1.165) is 4.90 Å². The average Bonchev–Trinajstić information content (AvgIpc) is 2.64. The molecule has 0 saturated carbocycles. The van der Waals surface area contributed by atoms with E-state index in [0.29, 0.717) is 6.42 Å². The first-order valence-electron chi connectivity index (χ1n) is 5.58. The van der Waals surface area contributed by atoms with Gasteiger partial charge in [-0.05, 0) is 12.5 Å². The van der Waals surface area contributed by atoms with Crippen LogP contribution in [0.15, 0.2) is 18.2 Å². The molecular weight excluding hydrogens is 250 g/mol. The van der Waals surface area contributed by atoms with E-state index in [9.17, 15) is 19.7 Å². The summed E-state index contributed by atoms with van der Waals surface area (Å²) in [5, 5.41) is 19.3. The summed E-state index contributed by atoms with van der Waals surface area (Å²) in [4.78, 5) is 35.2. The summed E-state index contributed by atoms with van der Waals surface area (Å²) in [5.41, 5.74) is -0.468. The van der Waals surface area contributed by atoms with Crippen LogP contribution >= 0.6 is 0 Å². The maximum absolute atomic E-state index is 12.0. The first-order chi connectivity index (χ1) is 9.07. The lowest BCUT2D eigenvalue weighted by atomic mass is 10.1. The van der Waals surface area contributed by atoms with Gasteiger partial charge in [0.05, 0.1) is 16.6 Å². The van der Waals surface area contributed by atoms with E-state index < -0.39 is 16.7 Å². The van der Waals surface area contributed by atoms with Crippen LogP contribution in [0.3, 0.4) is 0 Å². The second-order valence-electron chi connectivity index (χ2n) is 3.98. The van der Waals surface area contributed by atoms with Crippen LogP contribution in [0.25, 0.3) is 0 Å². The number of unbranched alkanes of at least 4 members (excludes halogenated alkanes) is 1. The molecule has 0 saturated heterocycles. The van der Waals surface area contributed by atoms with E-state index in [1.807, 2.05) is 6.07 Å². The summed E-state index contributed by atoms with van der Waals surface area (Å²) in [6.45, 7) is 0.0943. The zero-order chi connectivity index (χ0) is 14.0. The van der Waals surface area contributed by atoms with Crippen LogP contribution in [0, 0.1) is 21.4 Å². The topological polar surface area (TPSA) is 104 Å². The Bertz CT molecular complexity index is 618. The van der Waals surface area contributed by atoms with Crippen LogP contribution in [0.5, 0.6) is 0 Å². The van der Waals surface area contributed by atoms with Crippen LogP contribution in [-0.4, -0.2) is 28.2 Å². The molecule has 2 rings (SSSR count). The Morgan fingerprint density at radius 2 is 2.05 bits per heavy atom. The van der Waals surface area contributed by atoms with E-state index in [4.69, 9.17) is 5.26 Å². The highest BCUT2D eigenvalue weighted by Gasteiger charge is 2.40. The normalized spacial score (nSPS) is 13.3. The fraction of sp³-hybridized carbons (Fsp3) is 0.250. The standard InChI is InChI=1S/C12H9N3O4/c13-6-1-2-7-14-11(16)8-4-3-5-9(15(18)19)10(8)12(14)17/h3-5H,1-2,7H2. The van der Waals surface area contributed by atoms with Crippen molar-refractivity contribution in [1.82, 2.24) is 4.90 Å². The minimum atomic E-state index is -0.678. The van der Waals surface area contributed by atoms with Gasteiger partial charge in [-0.15, -0.1) is 0 Å². The van der Waals surface area contributed by atoms with Crippen LogP contribution in [0.2, 0.25) is 0 Å². The number of benzene rings is 1. The molecule has 19 heavy (non-hydrogen) atoms. The highest BCUT2D eigenvalue weighted by atomic mass is 16.6. The maximum atomic E-state index is 12.0. The molecule has 0 atom stereocenters. The van der Waals surface area contributed by atoms with Gasteiger partial charge in [-0.1, -0.05) is 6.07 Å². The smallest absolute Gasteiger partial charge is 0.274 e. The molecule has 0 aliphatic carbocycles. The molecule has 2 amide bonds. The lowest BCUT2D eigenvalue weighted by Crippen LogP contribution is -2.30. The lowest BCUT2D eigenvalue weighted by Gasteiger charge is -2.11. The molecule has 0 N–H and O–H groups in total. The van der Waals surface area contributed by atoms with E-state index in [2.05, 4.69) is 0 Å². The predicted octanol–water partition coefficient (Wildman–Crippen LogP) is 1.49. The summed E-state index contributed by atoms with van der Waals surface area (Å²) >= 11 is 0. The maximum Gasteiger partial charge on any atom is 0.282 e.